The van der Waals surface area contributed by atoms with Crippen LogP contribution in [-0.4, -0.2) is 27.6 Å². The van der Waals surface area contributed by atoms with E-state index < -0.39 is 8.07 Å². The van der Waals surface area contributed by atoms with Crippen LogP contribution in [0.25, 0.3) is 94.0 Å². The van der Waals surface area contributed by atoms with Gasteiger partial charge in [-0.1, -0.05) is 164 Å². The topological polar surface area (TPSA) is 56.7 Å². The van der Waals surface area contributed by atoms with E-state index in [0.717, 1.165) is 61.3 Å². The zero-order valence-electron chi connectivity index (χ0n) is 41.2. The Kier molecular flexibility index (Phi) is 12.9. The number of fused-ring (bicyclic) bond motifs is 7. The van der Waals surface area contributed by atoms with Crippen LogP contribution in [0.4, 0.5) is 0 Å². The minimum Gasteiger partial charge on any atom is -0.501 e. The summed E-state index contributed by atoms with van der Waals surface area (Å²) in [4.78, 5) is 14.0. The summed E-state index contributed by atoms with van der Waals surface area (Å²) in [6.07, 6.45) is 1.62. The van der Waals surface area contributed by atoms with Crippen molar-refractivity contribution in [2.24, 2.45) is 0 Å². The fourth-order valence-corrected chi connectivity index (χ4v) is 11.6. The minimum absolute atomic E-state index is 0. The van der Waals surface area contributed by atoms with Crippen LogP contribution >= 0.6 is 0 Å². The molecule has 1 radical (unpaired) electrons. The molecule has 0 saturated heterocycles. The van der Waals surface area contributed by atoms with Gasteiger partial charge in [0.05, 0.1) is 30.5 Å². The van der Waals surface area contributed by atoms with Crippen molar-refractivity contribution in [3.8, 4) is 39.5 Å². The van der Waals surface area contributed by atoms with Crippen molar-refractivity contribution in [1.82, 2.24) is 19.5 Å². The summed E-state index contributed by atoms with van der Waals surface area (Å²) in [6.45, 7) is 22.9. The third-order valence-corrected chi connectivity index (χ3v) is 15.1. The Labute approximate surface area is 421 Å². The molecule has 0 fully saturated rings. The smallest absolute Gasteiger partial charge is 0.120 e. The van der Waals surface area contributed by atoms with Crippen LogP contribution in [0.15, 0.2) is 162 Å². The van der Waals surface area contributed by atoms with Crippen LogP contribution in [0.2, 0.25) is 19.6 Å². The second kappa shape index (κ2) is 18.8. The summed E-state index contributed by atoms with van der Waals surface area (Å²) in [5.41, 5.74) is 14.1. The molecule has 0 N–H and O–H groups in total. The molecule has 0 atom stereocenters. The zero-order valence-corrected chi connectivity index (χ0v) is 44.6. The Morgan fingerprint density at radius 3 is 1.99 bits per heavy atom. The molecule has 347 valence electrons. The number of rotatable bonds is 7. The van der Waals surface area contributed by atoms with Gasteiger partial charge in [0.15, 0.2) is 0 Å². The van der Waals surface area contributed by atoms with Crippen molar-refractivity contribution in [2.75, 3.05) is 0 Å². The van der Waals surface area contributed by atoms with Gasteiger partial charge in [-0.2, -0.15) is 0 Å². The molecule has 0 spiro atoms. The Hall–Kier alpha value is -6.50. The van der Waals surface area contributed by atoms with Crippen molar-refractivity contribution in [3.63, 3.8) is 0 Å². The van der Waals surface area contributed by atoms with Crippen LogP contribution in [0.5, 0.6) is 0 Å². The van der Waals surface area contributed by atoms with Gasteiger partial charge in [-0.3, -0.25) is 9.97 Å². The van der Waals surface area contributed by atoms with Crippen LogP contribution in [-0.2, 0) is 25.5 Å². The largest absolute Gasteiger partial charge is 0.501 e. The molecule has 3 aromatic heterocycles. The van der Waals surface area contributed by atoms with E-state index in [9.17, 15) is 0 Å². The van der Waals surface area contributed by atoms with Gasteiger partial charge < -0.3 is 8.98 Å². The van der Waals surface area contributed by atoms with Gasteiger partial charge in [0.25, 0.3) is 0 Å². The maximum atomic E-state index is 7.22. The van der Waals surface area contributed by atoms with Gasteiger partial charge in [0.1, 0.15) is 11.9 Å². The van der Waals surface area contributed by atoms with Crippen molar-refractivity contribution in [1.29, 1.82) is 0 Å². The molecule has 0 aliphatic heterocycles. The maximum Gasteiger partial charge on any atom is 0.120 e. The molecule has 0 unspecified atom stereocenters. The Morgan fingerprint density at radius 2 is 1.29 bits per heavy atom. The SMILES string of the molecule is CC(C)(C)c1cc(-c2[c-]cccc2)ncn1.CC(C)c1cc(-c2ccccc2)cc(C(C)C)c1-n1c(-c2[c-]ccc3c2oc2c([Si](C)(C)C)c4c(ccc5ccccc54)cc23)nc2ccccc21.[Ir]. The first kappa shape index (κ1) is 47.6. The Bertz CT molecular complexity index is 3620. The number of nitrogens with zero attached hydrogens (tertiary/aromatic N) is 4. The van der Waals surface area contributed by atoms with Gasteiger partial charge in [-0.05, 0) is 96.8 Å². The average Bonchev–Trinajstić information content (AvgIpc) is 3.91. The second-order valence-corrected chi connectivity index (χ2v) is 25.7. The predicted octanol–water partition coefficient (Wildman–Crippen LogP) is 16.4. The summed E-state index contributed by atoms with van der Waals surface area (Å²) in [5.74, 6) is 1.40. The normalized spacial score (nSPS) is 12.1. The third kappa shape index (κ3) is 8.89. The number of benzene rings is 8. The number of hydrogen-bond acceptors (Lipinski definition) is 4. The average molecular weight is 1100 g/mol. The first-order valence-electron chi connectivity index (χ1n) is 23.9. The molecule has 69 heavy (non-hydrogen) atoms. The molecule has 8 aromatic carbocycles. The fourth-order valence-electron chi connectivity index (χ4n) is 9.75. The van der Waals surface area contributed by atoms with E-state index in [-0.39, 0.29) is 37.4 Å². The Morgan fingerprint density at radius 1 is 0.609 bits per heavy atom. The molecular formula is C62H58IrN4OSi-2. The van der Waals surface area contributed by atoms with E-state index in [1.807, 2.05) is 30.3 Å². The van der Waals surface area contributed by atoms with Gasteiger partial charge in [0, 0.05) is 42.3 Å². The van der Waals surface area contributed by atoms with Crippen LogP contribution in [0.3, 0.4) is 0 Å². The summed E-state index contributed by atoms with van der Waals surface area (Å²) in [6, 6.07) is 60.6. The monoisotopic (exact) mass is 1100 g/mol. The molecule has 3 heterocycles. The van der Waals surface area contributed by atoms with Crippen molar-refractivity contribution >= 4 is 67.8 Å². The van der Waals surface area contributed by atoms with Gasteiger partial charge in [-0.25, -0.2) is 4.98 Å². The van der Waals surface area contributed by atoms with E-state index in [1.54, 1.807) is 6.33 Å². The van der Waals surface area contributed by atoms with Gasteiger partial charge >= 0.3 is 0 Å². The molecule has 0 bridgehead atoms. The molecule has 7 heteroatoms. The summed E-state index contributed by atoms with van der Waals surface area (Å²) in [5, 5.41) is 8.75. The molecule has 5 nitrogen and oxygen atoms in total. The first-order valence-corrected chi connectivity index (χ1v) is 27.4. The van der Waals surface area contributed by atoms with E-state index in [0.29, 0.717) is 0 Å². The molecule has 0 aliphatic carbocycles. The van der Waals surface area contributed by atoms with Gasteiger partial charge in [0.2, 0.25) is 0 Å². The standard InChI is InChI=1S/C48H43N2OSi.C14H15N2.Ir/c1-29(2)38-27-34(31-16-9-8-10-17-31)28-39(30(3)4)44(38)50-42-23-14-13-22-41(42)49-48(50)37-21-15-20-36-40-26-33-25-24-32-18-11-12-19-35(32)43(33)47(52(5,6)7)46(40)51-45(36)37;1-14(2,3)13-9-12(15-10-16-13)11-7-5-4-6-8-11;/h8-20,22-30H,1-7H3;4-7,9-10H,1-3H3;/q2*-1;. The van der Waals surface area contributed by atoms with Crippen molar-refractivity contribution < 1.29 is 24.5 Å². The molecule has 0 saturated carbocycles. The van der Waals surface area contributed by atoms with E-state index in [2.05, 4.69) is 216 Å². The number of hydrogen-bond donors (Lipinski definition) is 0. The Balaban J connectivity index is 0.000000296. The van der Waals surface area contributed by atoms with Crippen molar-refractivity contribution in [3.05, 3.63) is 187 Å². The van der Waals surface area contributed by atoms with E-state index >= 15 is 0 Å². The number of furan rings is 1. The van der Waals surface area contributed by atoms with E-state index in [4.69, 9.17) is 9.40 Å². The molecule has 11 aromatic rings. The number of imidazole rings is 1. The summed E-state index contributed by atoms with van der Waals surface area (Å²) in [7, 11) is -1.93. The second-order valence-electron chi connectivity index (χ2n) is 20.7. The minimum atomic E-state index is -1.93. The fraction of sp³-hybridized carbons (Fsp3) is 0.210. The van der Waals surface area contributed by atoms with Crippen LogP contribution < -0.4 is 5.19 Å². The van der Waals surface area contributed by atoms with E-state index in [1.165, 1.54) is 54.7 Å². The first-order chi connectivity index (χ1) is 32.7. The van der Waals surface area contributed by atoms with Gasteiger partial charge in [-0.15, -0.1) is 54.1 Å². The van der Waals surface area contributed by atoms with Crippen molar-refractivity contribution in [2.45, 2.75) is 85.4 Å². The molecule has 11 rings (SSSR count). The summed E-state index contributed by atoms with van der Waals surface area (Å²) >= 11 is 0. The van der Waals surface area contributed by atoms with Crippen LogP contribution in [0, 0.1) is 12.1 Å². The summed E-state index contributed by atoms with van der Waals surface area (Å²) < 4.78 is 9.62. The predicted molar refractivity (Wildman–Crippen MR) is 289 cm³/mol. The molecule has 0 aliphatic rings. The molecule has 0 amide bonds. The number of para-hydroxylation sites is 2. The third-order valence-electron chi connectivity index (χ3n) is 13.1. The quantitative estimate of drug-likeness (QED) is 0.0907. The van der Waals surface area contributed by atoms with Crippen LogP contribution in [0.1, 0.15) is 77.1 Å². The molecular weight excluding hydrogens is 1040 g/mol. The zero-order chi connectivity index (χ0) is 47.5. The maximum absolute atomic E-state index is 7.22. The number of aromatic nitrogens is 4.